The second-order valence-electron chi connectivity index (χ2n) is 6.29. The first-order chi connectivity index (χ1) is 10.9. The van der Waals surface area contributed by atoms with Crippen molar-refractivity contribution < 1.29 is 9.90 Å². The molecule has 3 unspecified atom stereocenters. The number of rotatable bonds is 2. The zero-order valence-corrected chi connectivity index (χ0v) is 13.9. The average Bonchev–Trinajstić information content (AvgIpc) is 2.96. The lowest BCUT2D eigenvalue weighted by molar-refractivity contribution is -0.153. The fourth-order valence-electron chi connectivity index (χ4n) is 3.98. The summed E-state index contributed by atoms with van der Waals surface area (Å²) in [6.07, 6.45) is 3.28. The van der Waals surface area contributed by atoms with E-state index in [1.807, 2.05) is 6.07 Å². The zero-order chi connectivity index (χ0) is 16.4. The van der Waals surface area contributed by atoms with Gasteiger partial charge in [0, 0.05) is 35.4 Å². The van der Waals surface area contributed by atoms with Crippen molar-refractivity contribution in [1.82, 2.24) is 20.2 Å². The summed E-state index contributed by atoms with van der Waals surface area (Å²) in [5.41, 5.74) is 0.0917. The van der Waals surface area contributed by atoms with Crippen LogP contribution in [0.1, 0.15) is 18.1 Å². The molecule has 2 aliphatic rings. The van der Waals surface area contributed by atoms with Crippen molar-refractivity contribution in [2.24, 2.45) is 5.41 Å². The highest BCUT2D eigenvalue weighted by Gasteiger charge is 2.67. The molecular formula is C15H14BrN5O2. The van der Waals surface area contributed by atoms with Crippen LogP contribution in [-0.4, -0.2) is 39.8 Å². The number of halogens is 1. The minimum atomic E-state index is -1.02. The van der Waals surface area contributed by atoms with Gasteiger partial charge in [-0.3, -0.25) is 4.79 Å². The number of aliphatic carboxylic acids is 1. The van der Waals surface area contributed by atoms with Crippen molar-refractivity contribution in [2.45, 2.75) is 18.5 Å². The van der Waals surface area contributed by atoms with Gasteiger partial charge in [0.25, 0.3) is 0 Å². The van der Waals surface area contributed by atoms with Gasteiger partial charge in [-0.15, -0.1) is 0 Å². The number of fused-ring (bicyclic) bond motifs is 2. The predicted octanol–water partition coefficient (Wildman–Crippen LogP) is 0.830. The van der Waals surface area contributed by atoms with Gasteiger partial charge in [0.2, 0.25) is 0 Å². The number of nitriles is 1. The Morgan fingerprint density at radius 2 is 2.43 bits per heavy atom. The van der Waals surface area contributed by atoms with E-state index in [0.717, 1.165) is 10.0 Å². The summed E-state index contributed by atoms with van der Waals surface area (Å²) in [6, 6.07) is 4.05. The Kier molecular flexibility index (Phi) is 2.89. The Bertz CT molecular complexity index is 888. The van der Waals surface area contributed by atoms with E-state index in [2.05, 4.69) is 37.7 Å². The Morgan fingerprint density at radius 1 is 1.65 bits per heavy atom. The van der Waals surface area contributed by atoms with Crippen LogP contribution in [0.25, 0.3) is 5.52 Å². The summed E-state index contributed by atoms with van der Waals surface area (Å²) in [5.74, 6) is -0.865. The number of pyridine rings is 1. The van der Waals surface area contributed by atoms with E-state index in [-0.39, 0.29) is 6.04 Å². The smallest absolute Gasteiger partial charge is 0.312 e. The molecule has 8 heteroatoms. The average molecular weight is 376 g/mol. The summed E-state index contributed by atoms with van der Waals surface area (Å²) in [6.45, 7) is 2.81. The number of aromatic nitrogens is 2. The molecule has 0 spiro atoms. The molecule has 2 aromatic heterocycles. The Morgan fingerprint density at radius 3 is 3.04 bits per heavy atom. The van der Waals surface area contributed by atoms with Crippen molar-refractivity contribution in [3.63, 3.8) is 0 Å². The first kappa shape index (κ1) is 14.6. The highest BCUT2D eigenvalue weighted by atomic mass is 79.9. The van der Waals surface area contributed by atoms with E-state index >= 15 is 0 Å². The third-order valence-electron chi connectivity index (χ3n) is 5.28. The summed E-state index contributed by atoms with van der Waals surface area (Å²) >= 11 is 3.46. The maximum atomic E-state index is 12.0. The van der Waals surface area contributed by atoms with Crippen molar-refractivity contribution >= 4 is 27.4 Å². The first-order valence-electron chi connectivity index (χ1n) is 7.23. The van der Waals surface area contributed by atoms with Crippen LogP contribution in [0.4, 0.5) is 0 Å². The monoisotopic (exact) mass is 375 g/mol. The van der Waals surface area contributed by atoms with Crippen LogP contribution < -0.4 is 10.6 Å². The van der Waals surface area contributed by atoms with Crippen LogP contribution >= 0.6 is 15.9 Å². The van der Waals surface area contributed by atoms with Crippen LogP contribution in [0.3, 0.4) is 0 Å². The molecule has 0 bridgehead atoms. The van der Waals surface area contributed by atoms with Gasteiger partial charge in [-0.2, -0.15) is 10.4 Å². The second-order valence-corrected chi connectivity index (χ2v) is 7.21. The number of nitrogens with one attached hydrogen (secondary N) is 2. The van der Waals surface area contributed by atoms with Gasteiger partial charge in [-0.05, 0) is 28.9 Å². The van der Waals surface area contributed by atoms with E-state index < -0.39 is 16.9 Å². The minimum Gasteiger partial charge on any atom is -0.481 e. The molecule has 0 aromatic carbocycles. The van der Waals surface area contributed by atoms with Gasteiger partial charge in [-0.1, -0.05) is 0 Å². The van der Waals surface area contributed by atoms with Crippen LogP contribution in [0.5, 0.6) is 0 Å². The fourth-order valence-corrected chi connectivity index (χ4v) is 4.40. The molecule has 3 N–H and O–H groups in total. The largest absolute Gasteiger partial charge is 0.481 e. The number of hydrogen-bond acceptors (Lipinski definition) is 5. The Hall–Kier alpha value is -1.95. The zero-order valence-electron chi connectivity index (χ0n) is 12.3. The van der Waals surface area contributed by atoms with E-state index in [9.17, 15) is 15.2 Å². The molecular weight excluding hydrogens is 362 g/mol. The highest BCUT2D eigenvalue weighted by molar-refractivity contribution is 9.10. The molecule has 2 aromatic rings. The highest BCUT2D eigenvalue weighted by Crippen LogP contribution is 2.52. The summed E-state index contributed by atoms with van der Waals surface area (Å²) in [4.78, 5) is 12.0. The molecule has 23 heavy (non-hydrogen) atoms. The normalized spacial score (nSPS) is 32.3. The van der Waals surface area contributed by atoms with Crippen LogP contribution in [0, 0.1) is 16.7 Å². The molecule has 0 radical (unpaired) electrons. The van der Waals surface area contributed by atoms with Crippen LogP contribution in [-0.2, 0) is 10.3 Å². The second kappa shape index (κ2) is 4.54. The fraction of sp³-hybridized carbons (Fsp3) is 0.400. The standard InChI is InChI=1S/C15H14BrN5O2/c1-14(13(22)23)7-18-11-5-19-15(11,14)10-2-9(16)6-21-12(10)8(3-17)4-20-21/h2,4,6,11,18-19H,5,7H2,1H3,(H,22,23). The molecule has 0 saturated carbocycles. The van der Waals surface area contributed by atoms with Crippen molar-refractivity contribution in [3.05, 3.63) is 34.1 Å². The molecule has 0 amide bonds. The van der Waals surface area contributed by atoms with Crippen LogP contribution in [0.2, 0.25) is 0 Å². The molecule has 4 rings (SSSR count). The maximum Gasteiger partial charge on any atom is 0.312 e. The summed E-state index contributed by atoms with van der Waals surface area (Å²) in [7, 11) is 0. The third-order valence-corrected chi connectivity index (χ3v) is 5.71. The molecule has 118 valence electrons. The Balaban J connectivity index is 2.07. The third kappa shape index (κ3) is 1.59. The maximum absolute atomic E-state index is 12.0. The predicted molar refractivity (Wildman–Crippen MR) is 84.8 cm³/mol. The topological polar surface area (TPSA) is 102 Å². The number of nitrogens with zero attached hydrogens (tertiary/aromatic N) is 3. The molecule has 2 fully saturated rings. The number of carbonyl (C=O) groups is 1. The van der Waals surface area contributed by atoms with E-state index in [1.54, 1.807) is 17.6 Å². The lowest BCUT2D eigenvalue weighted by atomic mass is 9.62. The van der Waals surface area contributed by atoms with Crippen molar-refractivity contribution in [2.75, 3.05) is 13.1 Å². The number of hydrogen-bond donors (Lipinski definition) is 3. The van der Waals surface area contributed by atoms with Gasteiger partial charge in [-0.25, -0.2) is 4.52 Å². The van der Waals surface area contributed by atoms with Gasteiger partial charge >= 0.3 is 5.97 Å². The van der Waals surface area contributed by atoms with E-state index in [0.29, 0.717) is 24.2 Å². The minimum absolute atomic E-state index is 0.00291. The number of carboxylic acids is 1. The molecule has 4 heterocycles. The molecule has 3 atom stereocenters. The Labute approximate surface area is 140 Å². The molecule has 7 nitrogen and oxygen atoms in total. The van der Waals surface area contributed by atoms with Gasteiger partial charge in [0.1, 0.15) is 11.5 Å². The SMILES string of the molecule is CC1(C(=O)O)CNC2CNC21c1cc(Br)cn2ncc(C#N)c12. The lowest BCUT2D eigenvalue weighted by Crippen LogP contribution is -2.72. The molecule has 2 aliphatic heterocycles. The quantitative estimate of drug-likeness (QED) is 0.718. The van der Waals surface area contributed by atoms with Crippen molar-refractivity contribution in [1.29, 1.82) is 5.26 Å². The van der Waals surface area contributed by atoms with Gasteiger partial charge in [0.05, 0.1) is 22.8 Å². The van der Waals surface area contributed by atoms with Gasteiger partial charge in [0.15, 0.2) is 0 Å². The molecule has 2 saturated heterocycles. The van der Waals surface area contributed by atoms with Crippen LogP contribution in [0.15, 0.2) is 22.9 Å². The summed E-state index contributed by atoms with van der Waals surface area (Å²) in [5, 5.41) is 30.1. The van der Waals surface area contributed by atoms with Crippen molar-refractivity contribution in [3.8, 4) is 6.07 Å². The summed E-state index contributed by atoms with van der Waals surface area (Å²) < 4.78 is 2.42. The van der Waals surface area contributed by atoms with E-state index in [1.165, 1.54) is 6.20 Å². The lowest BCUT2D eigenvalue weighted by Gasteiger charge is -2.52. The number of carboxylic acid groups (broad SMARTS) is 1. The van der Waals surface area contributed by atoms with E-state index in [4.69, 9.17) is 0 Å². The first-order valence-corrected chi connectivity index (χ1v) is 8.02. The molecule has 0 aliphatic carbocycles. The van der Waals surface area contributed by atoms with Gasteiger partial charge < -0.3 is 15.7 Å².